The van der Waals surface area contributed by atoms with Gasteiger partial charge in [-0.05, 0) is 73.3 Å². The summed E-state index contributed by atoms with van der Waals surface area (Å²) in [6, 6.07) is 13.8. The Morgan fingerprint density at radius 3 is 2.54 bits per heavy atom. The van der Waals surface area contributed by atoms with E-state index in [1.807, 2.05) is 57.2 Å². The lowest BCUT2D eigenvalue weighted by Gasteiger charge is -2.36. The molecule has 3 aliphatic rings. The molecule has 2 aliphatic heterocycles. The Kier molecular flexibility index (Phi) is 12.4. The standard InChI is InChI=1S/C41H48ClN7O5.C2H6/c1-6-19-48-22-29(38(51)47(4)40(48)53)36(50)44-30-13-9-10-26(33(30)24(3)7-2)27-11-8-12-28(35(27)42)31-21-25-14-15-32(34(25)37(45-31)54-5)49-20-17-41(23-49)16-18-43-39(52)46-41;1-2/h8-13,21-22,24,32H,6-7,14-20,23H2,1-5H3,(H,44,50)(H2,43,46,52);1-2H3. The molecule has 3 N–H and O–H groups in total. The zero-order valence-electron chi connectivity index (χ0n) is 33.6. The SMILES string of the molecule is CC.CCCn1cc(C(=O)Nc2cccc(-c3cccc(-c4cc5c(c(OC)n4)C(N4CCC6(CCNC(=O)N6)C4)CC5)c3Cl)c2C(C)CC)c(=O)n(C)c1=O. The van der Waals surface area contributed by atoms with Crippen LogP contribution in [0.2, 0.25) is 5.02 Å². The van der Waals surface area contributed by atoms with E-state index < -0.39 is 17.2 Å². The van der Waals surface area contributed by atoms with Gasteiger partial charge in [0.05, 0.1) is 23.4 Å². The number of methoxy groups -OCH3 is 1. The summed E-state index contributed by atoms with van der Waals surface area (Å²) in [6.45, 7) is 12.9. The Morgan fingerprint density at radius 1 is 1.09 bits per heavy atom. The quantitative estimate of drug-likeness (QED) is 0.154. The second kappa shape index (κ2) is 17.1. The van der Waals surface area contributed by atoms with E-state index in [-0.39, 0.29) is 29.1 Å². The molecule has 3 amide bonds. The number of aromatic nitrogens is 3. The van der Waals surface area contributed by atoms with Crippen LogP contribution in [0.5, 0.6) is 5.88 Å². The van der Waals surface area contributed by atoms with Crippen LogP contribution in [0.25, 0.3) is 22.4 Å². The molecule has 4 heterocycles. The van der Waals surface area contributed by atoms with Gasteiger partial charge in [0, 0.05) is 67.8 Å². The first-order valence-electron chi connectivity index (χ1n) is 19.9. The lowest BCUT2D eigenvalue weighted by atomic mass is 9.87. The number of likely N-dealkylation sites (tertiary alicyclic amines) is 1. The molecule has 0 radical (unpaired) electrons. The van der Waals surface area contributed by atoms with E-state index in [0.29, 0.717) is 41.8 Å². The third-order valence-corrected chi connectivity index (χ3v) is 11.9. The Hall–Kier alpha value is -4.94. The highest BCUT2D eigenvalue weighted by molar-refractivity contribution is 6.36. The number of halogens is 1. The average Bonchev–Trinajstić information content (AvgIpc) is 3.82. The van der Waals surface area contributed by atoms with Crippen molar-refractivity contribution in [2.75, 3.05) is 32.1 Å². The summed E-state index contributed by atoms with van der Waals surface area (Å²) in [5.74, 6) is 0.0219. The Balaban J connectivity index is 0.00000262. The number of hydrogen-bond acceptors (Lipinski definition) is 7. The number of anilines is 1. The number of carbonyl (C=O) groups excluding carboxylic acids is 2. The summed E-state index contributed by atoms with van der Waals surface area (Å²) in [6.07, 6.45) is 6.44. The van der Waals surface area contributed by atoms with E-state index in [4.69, 9.17) is 21.3 Å². The lowest BCUT2D eigenvalue weighted by Crippen LogP contribution is -2.59. The highest BCUT2D eigenvalue weighted by Crippen LogP contribution is 2.47. The predicted molar refractivity (Wildman–Crippen MR) is 222 cm³/mol. The number of nitrogens with zero attached hydrogens (tertiary/aromatic N) is 4. The molecular formula is C43H54ClN7O5. The molecule has 56 heavy (non-hydrogen) atoms. The molecule has 2 fully saturated rings. The number of amides is 3. The van der Waals surface area contributed by atoms with E-state index in [2.05, 4.69) is 40.8 Å². The van der Waals surface area contributed by atoms with Gasteiger partial charge >= 0.3 is 11.7 Å². The van der Waals surface area contributed by atoms with Gasteiger partial charge in [-0.15, -0.1) is 0 Å². The van der Waals surface area contributed by atoms with Gasteiger partial charge in [0.15, 0.2) is 0 Å². The number of nitrogens with one attached hydrogen (secondary N) is 3. The van der Waals surface area contributed by atoms with Crippen LogP contribution in [-0.4, -0.2) is 63.2 Å². The second-order valence-corrected chi connectivity index (χ2v) is 15.2. The van der Waals surface area contributed by atoms with Gasteiger partial charge < -0.3 is 20.7 Å². The van der Waals surface area contributed by atoms with E-state index in [1.165, 1.54) is 23.4 Å². The summed E-state index contributed by atoms with van der Waals surface area (Å²) in [4.78, 5) is 59.1. The molecule has 3 unspecified atom stereocenters. The minimum absolute atomic E-state index is 0.0196. The molecule has 2 aromatic carbocycles. The third kappa shape index (κ3) is 7.61. The van der Waals surface area contributed by atoms with Crippen molar-refractivity contribution < 1.29 is 14.3 Å². The predicted octanol–water partition coefficient (Wildman–Crippen LogP) is 7.27. The Labute approximate surface area is 333 Å². The fraction of sp³-hybridized carbons (Fsp3) is 0.465. The van der Waals surface area contributed by atoms with Crippen LogP contribution in [0.1, 0.15) is 106 Å². The van der Waals surface area contributed by atoms with Crippen molar-refractivity contribution in [1.29, 1.82) is 0 Å². The number of urea groups is 1. The molecule has 0 saturated carbocycles. The summed E-state index contributed by atoms with van der Waals surface area (Å²) in [5.41, 5.74) is 5.46. The van der Waals surface area contributed by atoms with E-state index >= 15 is 0 Å². The van der Waals surface area contributed by atoms with Crippen LogP contribution in [0.3, 0.4) is 0 Å². The summed E-state index contributed by atoms with van der Waals surface area (Å²) in [7, 11) is 3.04. The van der Waals surface area contributed by atoms with Crippen molar-refractivity contribution in [2.45, 2.75) is 97.2 Å². The molecule has 2 aromatic heterocycles. The first kappa shape index (κ1) is 40.7. The van der Waals surface area contributed by atoms with Crippen molar-refractivity contribution in [3.63, 3.8) is 0 Å². The summed E-state index contributed by atoms with van der Waals surface area (Å²) >= 11 is 7.33. The fourth-order valence-electron chi connectivity index (χ4n) is 8.54. The molecule has 4 aromatic rings. The molecule has 1 spiro atoms. The number of fused-ring (bicyclic) bond motifs is 1. The maximum Gasteiger partial charge on any atom is 0.330 e. The third-order valence-electron chi connectivity index (χ3n) is 11.5. The van der Waals surface area contributed by atoms with Crippen molar-refractivity contribution in [2.24, 2.45) is 7.05 Å². The van der Waals surface area contributed by atoms with Crippen molar-refractivity contribution in [3.05, 3.63) is 96.8 Å². The van der Waals surface area contributed by atoms with Crippen LogP contribution < -0.4 is 31.9 Å². The monoisotopic (exact) mass is 783 g/mol. The zero-order valence-corrected chi connectivity index (χ0v) is 34.3. The van der Waals surface area contributed by atoms with Gasteiger partial charge in [0.1, 0.15) is 5.56 Å². The first-order valence-corrected chi connectivity index (χ1v) is 20.3. The number of rotatable bonds is 10. The van der Waals surface area contributed by atoms with E-state index in [1.54, 1.807) is 7.11 Å². The topological polar surface area (TPSA) is 140 Å². The molecule has 298 valence electrons. The highest BCUT2D eigenvalue weighted by atomic mass is 35.5. The van der Waals surface area contributed by atoms with Crippen molar-refractivity contribution >= 4 is 29.2 Å². The van der Waals surface area contributed by atoms with Crippen LogP contribution in [-0.2, 0) is 20.0 Å². The molecule has 1 aliphatic carbocycles. The van der Waals surface area contributed by atoms with Crippen LogP contribution in [0.4, 0.5) is 10.5 Å². The maximum absolute atomic E-state index is 13.7. The van der Waals surface area contributed by atoms with Crippen molar-refractivity contribution in [1.82, 2.24) is 29.7 Å². The minimum atomic E-state index is -0.648. The van der Waals surface area contributed by atoms with Crippen LogP contribution >= 0.6 is 11.6 Å². The fourth-order valence-corrected chi connectivity index (χ4v) is 8.86. The molecule has 13 heteroatoms. The number of hydrogen-bond donors (Lipinski definition) is 3. The Bertz CT molecular complexity index is 2250. The zero-order chi connectivity index (χ0) is 40.3. The maximum atomic E-state index is 13.7. The largest absolute Gasteiger partial charge is 0.481 e. The number of ether oxygens (including phenoxy) is 1. The molecule has 3 atom stereocenters. The van der Waals surface area contributed by atoms with E-state index in [0.717, 1.165) is 77.6 Å². The normalized spacial score (nSPS) is 19.4. The van der Waals surface area contributed by atoms with Crippen molar-refractivity contribution in [3.8, 4) is 28.3 Å². The van der Waals surface area contributed by atoms with Gasteiger partial charge in [-0.25, -0.2) is 14.6 Å². The Morgan fingerprint density at radius 2 is 1.82 bits per heavy atom. The number of aryl methyl sites for hydroxylation is 2. The summed E-state index contributed by atoms with van der Waals surface area (Å²) in [5, 5.41) is 9.61. The molecule has 12 nitrogen and oxygen atoms in total. The van der Waals surface area contributed by atoms with Gasteiger partial charge in [-0.2, -0.15) is 0 Å². The van der Waals surface area contributed by atoms with Gasteiger partial charge in [-0.1, -0.05) is 76.6 Å². The van der Waals surface area contributed by atoms with Crippen LogP contribution in [0.15, 0.2) is 58.3 Å². The highest BCUT2D eigenvalue weighted by Gasteiger charge is 2.45. The van der Waals surface area contributed by atoms with E-state index in [9.17, 15) is 19.2 Å². The van der Waals surface area contributed by atoms with Gasteiger partial charge in [0.25, 0.3) is 11.5 Å². The first-order chi connectivity index (χ1) is 27.0. The number of pyridine rings is 1. The molecular weight excluding hydrogens is 730 g/mol. The van der Waals surface area contributed by atoms with Gasteiger partial charge in [-0.3, -0.25) is 23.6 Å². The smallest absolute Gasteiger partial charge is 0.330 e. The lowest BCUT2D eigenvalue weighted by molar-refractivity contribution is 0.102. The average molecular weight is 784 g/mol. The molecule has 2 saturated heterocycles. The molecule has 7 rings (SSSR count). The van der Waals surface area contributed by atoms with Crippen LogP contribution in [0, 0.1) is 0 Å². The number of carbonyl (C=O) groups is 2. The summed E-state index contributed by atoms with van der Waals surface area (Å²) < 4.78 is 8.34. The van der Waals surface area contributed by atoms with Gasteiger partial charge in [0.2, 0.25) is 5.88 Å². The molecule has 0 bridgehead atoms. The minimum Gasteiger partial charge on any atom is -0.481 e. The number of benzene rings is 2. The second-order valence-electron chi connectivity index (χ2n) is 14.9.